The summed E-state index contributed by atoms with van der Waals surface area (Å²) in [5.41, 5.74) is 0.426. The van der Waals surface area contributed by atoms with Gasteiger partial charge in [-0.25, -0.2) is 0 Å². The zero-order valence-electron chi connectivity index (χ0n) is 9.55. The monoisotopic (exact) mass is 242 g/mol. The molecule has 0 unspecified atom stereocenters. The maximum absolute atomic E-state index is 11.9. The number of nitriles is 2. The highest BCUT2D eigenvalue weighted by molar-refractivity contribution is 5.97. The minimum absolute atomic E-state index is 0.105. The van der Waals surface area contributed by atoms with Gasteiger partial charge in [-0.2, -0.15) is 10.5 Å². The molecule has 1 aromatic carbocycles. The molecule has 18 heavy (non-hydrogen) atoms. The molecule has 1 heterocycles. The number of Topliss-reactive ketones (excluding diaryl/α,β-unsaturated/α-hetero) is 1. The molecule has 0 aromatic heterocycles. The van der Waals surface area contributed by atoms with E-state index in [1.54, 1.807) is 30.3 Å². The number of ketones is 1. The van der Waals surface area contributed by atoms with Crippen molar-refractivity contribution in [1.29, 1.82) is 10.5 Å². The molecule has 0 spiro atoms. The van der Waals surface area contributed by atoms with E-state index >= 15 is 0 Å². The van der Waals surface area contributed by atoms with Crippen molar-refractivity contribution in [2.75, 3.05) is 13.2 Å². The molecule has 0 saturated heterocycles. The highest BCUT2D eigenvalue weighted by Gasteiger charge is 2.17. The van der Waals surface area contributed by atoms with Crippen molar-refractivity contribution in [2.24, 2.45) is 5.92 Å². The van der Waals surface area contributed by atoms with Gasteiger partial charge in [-0.15, -0.1) is 0 Å². The third-order valence-corrected chi connectivity index (χ3v) is 2.57. The van der Waals surface area contributed by atoms with Crippen LogP contribution in [0.1, 0.15) is 16.8 Å². The van der Waals surface area contributed by atoms with Crippen LogP contribution in [0.5, 0.6) is 11.5 Å². The summed E-state index contributed by atoms with van der Waals surface area (Å²) in [6, 6.07) is 8.41. The number of rotatable bonds is 3. The van der Waals surface area contributed by atoms with Crippen LogP contribution in [0.4, 0.5) is 0 Å². The van der Waals surface area contributed by atoms with E-state index < -0.39 is 5.92 Å². The van der Waals surface area contributed by atoms with E-state index in [1.807, 2.05) is 0 Å². The SMILES string of the molecule is N#CC(C#N)CC(=O)c1ccc2c(c1)OCCO2. The molecule has 0 N–H and O–H groups in total. The predicted octanol–water partition coefficient (Wildman–Crippen LogP) is 1.69. The van der Waals surface area contributed by atoms with E-state index in [4.69, 9.17) is 20.0 Å². The fourth-order valence-corrected chi connectivity index (χ4v) is 1.64. The summed E-state index contributed by atoms with van der Waals surface area (Å²) >= 11 is 0. The molecule has 0 aliphatic carbocycles. The van der Waals surface area contributed by atoms with Gasteiger partial charge in [0.15, 0.2) is 17.3 Å². The summed E-state index contributed by atoms with van der Waals surface area (Å²) in [6.45, 7) is 0.939. The Morgan fingerprint density at radius 3 is 2.56 bits per heavy atom. The largest absolute Gasteiger partial charge is 0.486 e. The van der Waals surface area contributed by atoms with Crippen molar-refractivity contribution in [3.05, 3.63) is 23.8 Å². The number of carbonyl (C=O) groups is 1. The van der Waals surface area contributed by atoms with Crippen LogP contribution in [-0.2, 0) is 0 Å². The van der Waals surface area contributed by atoms with Crippen molar-refractivity contribution < 1.29 is 14.3 Å². The minimum atomic E-state index is -0.911. The number of fused-ring (bicyclic) bond motifs is 1. The molecule has 0 atom stereocenters. The van der Waals surface area contributed by atoms with Gasteiger partial charge in [0.25, 0.3) is 0 Å². The topological polar surface area (TPSA) is 83.1 Å². The van der Waals surface area contributed by atoms with Gasteiger partial charge in [-0.05, 0) is 18.2 Å². The van der Waals surface area contributed by atoms with Gasteiger partial charge in [-0.1, -0.05) is 0 Å². The number of hydrogen-bond acceptors (Lipinski definition) is 5. The van der Waals surface area contributed by atoms with Crippen LogP contribution in [0.2, 0.25) is 0 Å². The molecule has 0 saturated carbocycles. The summed E-state index contributed by atoms with van der Waals surface area (Å²) in [6.07, 6.45) is -0.105. The third-order valence-electron chi connectivity index (χ3n) is 2.57. The Hall–Kier alpha value is -2.53. The van der Waals surface area contributed by atoms with E-state index in [1.165, 1.54) is 0 Å². The molecular formula is C13H10N2O3. The second kappa shape index (κ2) is 5.20. The number of hydrogen-bond donors (Lipinski definition) is 0. The maximum atomic E-state index is 11.9. The summed E-state index contributed by atoms with van der Waals surface area (Å²) in [5, 5.41) is 17.3. The Bertz CT molecular complexity index is 540. The first kappa shape index (κ1) is 11.9. The highest BCUT2D eigenvalue weighted by Crippen LogP contribution is 2.31. The zero-order valence-corrected chi connectivity index (χ0v) is 9.55. The molecular weight excluding hydrogens is 232 g/mol. The first-order valence-corrected chi connectivity index (χ1v) is 5.46. The summed E-state index contributed by atoms with van der Waals surface area (Å²) < 4.78 is 10.7. The Balaban J connectivity index is 2.17. The number of nitrogens with zero attached hydrogens (tertiary/aromatic N) is 2. The fourth-order valence-electron chi connectivity index (χ4n) is 1.64. The van der Waals surface area contributed by atoms with Gasteiger partial charge in [-0.3, -0.25) is 4.79 Å². The Labute approximate surface area is 104 Å². The van der Waals surface area contributed by atoms with E-state index in [0.717, 1.165) is 0 Å². The normalized spacial score (nSPS) is 12.6. The second-order valence-corrected chi connectivity index (χ2v) is 3.80. The lowest BCUT2D eigenvalue weighted by Gasteiger charge is -2.18. The molecule has 0 amide bonds. The van der Waals surface area contributed by atoms with Crippen LogP contribution in [0.15, 0.2) is 18.2 Å². The standard InChI is InChI=1S/C13H10N2O3/c14-7-9(8-15)5-11(16)10-1-2-12-13(6-10)18-4-3-17-12/h1-2,6,9H,3-5H2. The van der Waals surface area contributed by atoms with Gasteiger partial charge in [0.1, 0.15) is 19.1 Å². The predicted molar refractivity (Wildman–Crippen MR) is 61.1 cm³/mol. The molecule has 90 valence electrons. The van der Waals surface area contributed by atoms with Crippen LogP contribution in [0.3, 0.4) is 0 Å². The van der Waals surface area contributed by atoms with Gasteiger partial charge in [0, 0.05) is 12.0 Å². The Kier molecular flexibility index (Phi) is 3.45. The lowest BCUT2D eigenvalue weighted by atomic mass is 10.00. The average Bonchev–Trinajstić information content (AvgIpc) is 2.44. The van der Waals surface area contributed by atoms with Crippen LogP contribution in [-0.4, -0.2) is 19.0 Å². The van der Waals surface area contributed by atoms with Crippen LogP contribution >= 0.6 is 0 Å². The lowest BCUT2D eigenvalue weighted by molar-refractivity contribution is 0.0975. The van der Waals surface area contributed by atoms with Crippen molar-refractivity contribution in [2.45, 2.75) is 6.42 Å². The molecule has 1 aliphatic heterocycles. The summed E-state index contributed by atoms with van der Waals surface area (Å²) in [7, 11) is 0. The molecule has 2 rings (SSSR count). The third kappa shape index (κ3) is 2.41. The Morgan fingerprint density at radius 2 is 1.89 bits per heavy atom. The highest BCUT2D eigenvalue weighted by atomic mass is 16.6. The summed E-state index contributed by atoms with van der Waals surface area (Å²) in [4.78, 5) is 11.9. The fraction of sp³-hybridized carbons (Fsp3) is 0.308. The molecule has 0 bridgehead atoms. The van der Waals surface area contributed by atoms with Gasteiger partial charge in [0.2, 0.25) is 0 Å². The first-order valence-electron chi connectivity index (χ1n) is 5.46. The van der Waals surface area contributed by atoms with Gasteiger partial charge in [0.05, 0.1) is 12.1 Å². The van der Waals surface area contributed by atoms with Crippen LogP contribution in [0.25, 0.3) is 0 Å². The first-order chi connectivity index (χ1) is 8.74. The number of benzene rings is 1. The quantitative estimate of drug-likeness (QED) is 0.753. The molecule has 1 aromatic rings. The molecule has 0 fully saturated rings. The minimum Gasteiger partial charge on any atom is -0.486 e. The number of ether oxygens (including phenoxy) is 2. The van der Waals surface area contributed by atoms with E-state index in [-0.39, 0.29) is 12.2 Å². The van der Waals surface area contributed by atoms with Crippen molar-refractivity contribution in [3.63, 3.8) is 0 Å². The second-order valence-electron chi connectivity index (χ2n) is 3.80. The molecule has 0 radical (unpaired) electrons. The van der Waals surface area contributed by atoms with Crippen molar-refractivity contribution in [1.82, 2.24) is 0 Å². The zero-order chi connectivity index (χ0) is 13.0. The smallest absolute Gasteiger partial charge is 0.165 e. The number of carbonyl (C=O) groups excluding carboxylic acids is 1. The average molecular weight is 242 g/mol. The van der Waals surface area contributed by atoms with Crippen molar-refractivity contribution >= 4 is 5.78 Å². The molecule has 5 nitrogen and oxygen atoms in total. The lowest BCUT2D eigenvalue weighted by Crippen LogP contribution is -2.16. The van der Waals surface area contributed by atoms with Gasteiger partial charge < -0.3 is 9.47 Å². The Morgan fingerprint density at radius 1 is 1.22 bits per heavy atom. The van der Waals surface area contributed by atoms with E-state index in [2.05, 4.69) is 0 Å². The summed E-state index contributed by atoms with van der Waals surface area (Å²) in [5.74, 6) is -0.0294. The van der Waals surface area contributed by atoms with Crippen molar-refractivity contribution in [3.8, 4) is 23.6 Å². The molecule has 5 heteroatoms. The van der Waals surface area contributed by atoms with Gasteiger partial charge >= 0.3 is 0 Å². The van der Waals surface area contributed by atoms with E-state index in [9.17, 15) is 4.79 Å². The van der Waals surface area contributed by atoms with Crippen LogP contribution in [0, 0.1) is 28.6 Å². The van der Waals surface area contributed by atoms with E-state index in [0.29, 0.717) is 30.3 Å². The maximum Gasteiger partial charge on any atom is 0.165 e. The molecule has 1 aliphatic rings. The van der Waals surface area contributed by atoms with Crippen LogP contribution < -0.4 is 9.47 Å².